The first kappa shape index (κ1) is 18.7. The average molecular weight is 377 g/mol. The second kappa shape index (κ2) is 8.57. The van der Waals surface area contributed by atoms with Crippen LogP contribution in [0.2, 0.25) is 0 Å². The number of carbonyl (C=O) groups excluding carboxylic acids is 1. The second-order valence-corrected chi connectivity index (χ2v) is 7.77. The molecule has 0 aliphatic carbocycles. The van der Waals surface area contributed by atoms with E-state index in [1.54, 1.807) is 18.5 Å². The highest BCUT2D eigenvalue weighted by molar-refractivity contribution is 6.01. The Morgan fingerprint density at radius 1 is 1.18 bits per heavy atom. The molecule has 146 valence electrons. The van der Waals surface area contributed by atoms with Gasteiger partial charge in [-0.1, -0.05) is 6.07 Å². The van der Waals surface area contributed by atoms with Crippen molar-refractivity contribution in [2.24, 2.45) is 0 Å². The fourth-order valence-corrected chi connectivity index (χ4v) is 4.33. The minimum absolute atomic E-state index is 0.138. The highest BCUT2D eigenvalue weighted by Gasteiger charge is 2.32. The Kier molecular flexibility index (Phi) is 5.72. The number of benzene rings is 1. The third-order valence-electron chi connectivity index (χ3n) is 5.85. The number of anilines is 2. The molecule has 2 saturated heterocycles. The van der Waals surface area contributed by atoms with Gasteiger partial charge in [0, 0.05) is 55.0 Å². The molecule has 2 aromatic rings. The van der Waals surface area contributed by atoms with Crippen molar-refractivity contribution >= 4 is 23.4 Å². The maximum absolute atomic E-state index is 12.1. The highest BCUT2D eigenvalue weighted by atomic mass is 16.1. The van der Waals surface area contributed by atoms with Crippen molar-refractivity contribution < 1.29 is 4.79 Å². The third kappa shape index (κ3) is 4.42. The van der Waals surface area contributed by atoms with E-state index in [0.29, 0.717) is 6.04 Å². The van der Waals surface area contributed by atoms with Crippen LogP contribution in [-0.2, 0) is 4.79 Å². The van der Waals surface area contributed by atoms with Gasteiger partial charge in [0.15, 0.2) is 0 Å². The summed E-state index contributed by atoms with van der Waals surface area (Å²) >= 11 is 0. The summed E-state index contributed by atoms with van der Waals surface area (Å²) < 4.78 is 0. The van der Waals surface area contributed by atoms with Gasteiger partial charge in [-0.15, -0.1) is 0 Å². The van der Waals surface area contributed by atoms with Crippen LogP contribution in [0.4, 0.5) is 11.4 Å². The van der Waals surface area contributed by atoms with Gasteiger partial charge < -0.3 is 10.2 Å². The van der Waals surface area contributed by atoms with Crippen molar-refractivity contribution in [1.29, 1.82) is 0 Å². The van der Waals surface area contributed by atoms with Gasteiger partial charge in [0.1, 0.15) is 0 Å². The molecule has 5 heteroatoms. The maximum atomic E-state index is 12.1. The summed E-state index contributed by atoms with van der Waals surface area (Å²) in [6.07, 6.45) is 10.6. The lowest BCUT2D eigenvalue weighted by Crippen LogP contribution is -2.39. The van der Waals surface area contributed by atoms with E-state index in [9.17, 15) is 4.79 Å². The van der Waals surface area contributed by atoms with Crippen LogP contribution in [0.5, 0.6) is 0 Å². The second-order valence-electron chi connectivity index (χ2n) is 7.77. The van der Waals surface area contributed by atoms with Gasteiger partial charge in [-0.3, -0.25) is 14.7 Å². The number of amides is 1. The summed E-state index contributed by atoms with van der Waals surface area (Å²) in [5.74, 6) is -0.138. The molecular formula is C23H28N4O. The van der Waals surface area contributed by atoms with Crippen molar-refractivity contribution in [1.82, 2.24) is 9.88 Å². The molecule has 4 rings (SSSR count). The topological polar surface area (TPSA) is 48.5 Å². The molecule has 0 radical (unpaired) electrons. The van der Waals surface area contributed by atoms with E-state index in [2.05, 4.69) is 39.2 Å². The monoisotopic (exact) mass is 376 g/mol. The normalized spacial score (nSPS) is 22.8. The first-order valence-electron chi connectivity index (χ1n) is 10.2. The summed E-state index contributed by atoms with van der Waals surface area (Å²) in [6.45, 7) is 5.81. The van der Waals surface area contributed by atoms with E-state index in [-0.39, 0.29) is 5.91 Å². The molecule has 2 aliphatic rings. The van der Waals surface area contributed by atoms with Crippen LogP contribution < -0.4 is 10.2 Å². The lowest BCUT2D eigenvalue weighted by molar-refractivity contribution is -0.111. The predicted octanol–water partition coefficient (Wildman–Crippen LogP) is 3.80. The number of nitrogens with zero attached hydrogens (tertiary/aromatic N) is 3. The Morgan fingerprint density at radius 2 is 2.04 bits per heavy atom. The molecule has 0 bridgehead atoms. The standard InChI is InChI=1S/C23H28N4O/c1-18-4-3-14-27(18)22-12-15-26(17-22)21-9-7-20(8-10-21)25-23(28)11-6-19-5-2-13-24-16-19/h2,5-11,13,16,18,22H,3-4,12,14-15,17H2,1H3,(H,25,28). The smallest absolute Gasteiger partial charge is 0.248 e. The van der Waals surface area contributed by atoms with Gasteiger partial charge >= 0.3 is 0 Å². The Morgan fingerprint density at radius 3 is 2.75 bits per heavy atom. The molecule has 1 aromatic carbocycles. The van der Waals surface area contributed by atoms with Gasteiger partial charge in [0.05, 0.1) is 0 Å². The number of carbonyl (C=O) groups is 1. The zero-order valence-electron chi connectivity index (χ0n) is 16.4. The average Bonchev–Trinajstić information content (AvgIpc) is 3.37. The molecule has 1 N–H and O–H groups in total. The quantitative estimate of drug-likeness (QED) is 0.807. The Bertz CT molecular complexity index is 818. The number of nitrogens with one attached hydrogen (secondary N) is 1. The molecule has 2 fully saturated rings. The molecule has 2 unspecified atom stereocenters. The van der Waals surface area contributed by atoms with Crippen LogP contribution in [-0.4, -0.2) is 47.5 Å². The van der Waals surface area contributed by atoms with Gasteiger partial charge in [-0.25, -0.2) is 0 Å². The van der Waals surface area contributed by atoms with Crippen LogP contribution in [0.3, 0.4) is 0 Å². The minimum atomic E-state index is -0.138. The van der Waals surface area contributed by atoms with E-state index in [4.69, 9.17) is 0 Å². The summed E-state index contributed by atoms with van der Waals surface area (Å²) in [4.78, 5) is 21.3. The maximum Gasteiger partial charge on any atom is 0.248 e. The molecule has 0 spiro atoms. The van der Waals surface area contributed by atoms with Crippen molar-refractivity contribution in [3.8, 4) is 0 Å². The fourth-order valence-electron chi connectivity index (χ4n) is 4.33. The SMILES string of the molecule is CC1CCCN1C1CCN(c2ccc(NC(=O)C=Cc3cccnc3)cc2)C1. The fraction of sp³-hybridized carbons (Fsp3) is 0.391. The summed E-state index contributed by atoms with van der Waals surface area (Å²) in [5.41, 5.74) is 2.95. The molecular weight excluding hydrogens is 348 g/mol. The number of hydrogen-bond acceptors (Lipinski definition) is 4. The molecule has 3 heterocycles. The lowest BCUT2D eigenvalue weighted by Gasteiger charge is -2.28. The molecule has 28 heavy (non-hydrogen) atoms. The predicted molar refractivity (Wildman–Crippen MR) is 114 cm³/mol. The summed E-state index contributed by atoms with van der Waals surface area (Å²) in [6, 6.07) is 13.3. The van der Waals surface area contributed by atoms with E-state index >= 15 is 0 Å². The van der Waals surface area contributed by atoms with Crippen LogP contribution in [0.15, 0.2) is 54.9 Å². The van der Waals surface area contributed by atoms with Gasteiger partial charge in [0.25, 0.3) is 0 Å². The van der Waals surface area contributed by atoms with E-state index in [0.717, 1.165) is 30.4 Å². The third-order valence-corrected chi connectivity index (χ3v) is 5.85. The first-order valence-corrected chi connectivity index (χ1v) is 10.2. The zero-order valence-corrected chi connectivity index (χ0v) is 16.4. The lowest BCUT2D eigenvalue weighted by atomic mass is 10.2. The molecule has 1 aromatic heterocycles. The number of rotatable bonds is 5. The van der Waals surface area contributed by atoms with Gasteiger partial charge in [-0.2, -0.15) is 0 Å². The zero-order chi connectivity index (χ0) is 19.3. The molecule has 1 amide bonds. The first-order chi connectivity index (χ1) is 13.7. The van der Waals surface area contributed by atoms with E-state index in [1.807, 2.05) is 24.3 Å². The van der Waals surface area contributed by atoms with E-state index in [1.165, 1.54) is 37.6 Å². The molecule has 5 nitrogen and oxygen atoms in total. The largest absolute Gasteiger partial charge is 0.370 e. The van der Waals surface area contributed by atoms with Crippen LogP contribution >= 0.6 is 0 Å². The van der Waals surface area contributed by atoms with Crippen molar-refractivity contribution in [2.75, 3.05) is 29.9 Å². The molecule has 0 saturated carbocycles. The Balaban J connectivity index is 1.31. The summed E-state index contributed by atoms with van der Waals surface area (Å²) in [5, 5.41) is 2.92. The molecule has 2 aliphatic heterocycles. The Hall–Kier alpha value is -2.66. The van der Waals surface area contributed by atoms with Crippen LogP contribution in [0.1, 0.15) is 31.7 Å². The van der Waals surface area contributed by atoms with Crippen molar-refractivity contribution in [2.45, 2.75) is 38.3 Å². The number of aromatic nitrogens is 1. The van der Waals surface area contributed by atoms with Crippen LogP contribution in [0, 0.1) is 0 Å². The number of hydrogen-bond donors (Lipinski definition) is 1. The van der Waals surface area contributed by atoms with Gasteiger partial charge in [-0.05, 0) is 74.7 Å². The summed E-state index contributed by atoms with van der Waals surface area (Å²) in [7, 11) is 0. The van der Waals surface area contributed by atoms with Gasteiger partial charge in [0.2, 0.25) is 5.91 Å². The molecule has 2 atom stereocenters. The Labute approximate surface area is 167 Å². The van der Waals surface area contributed by atoms with E-state index < -0.39 is 0 Å². The van der Waals surface area contributed by atoms with Crippen LogP contribution in [0.25, 0.3) is 6.08 Å². The van der Waals surface area contributed by atoms with Crippen molar-refractivity contribution in [3.05, 3.63) is 60.4 Å². The van der Waals surface area contributed by atoms with Crippen molar-refractivity contribution in [3.63, 3.8) is 0 Å². The number of pyridine rings is 1. The number of likely N-dealkylation sites (tertiary alicyclic amines) is 1. The minimum Gasteiger partial charge on any atom is -0.370 e. The highest BCUT2D eigenvalue weighted by Crippen LogP contribution is 2.28.